The summed E-state index contributed by atoms with van der Waals surface area (Å²) in [6.07, 6.45) is 0. The first-order valence-corrected chi connectivity index (χ1v) is 32.9. The minimum absolute atomic E-state index is 0. The van der Waals surface area contributed by atoms with Crippen LogP contribution in [0, 0.1) is 0 Å². The summed E-state index contributed by atoms with van der Waals surface area (Å²) in [5, 5.41) is 28.6. The van der Waals surface area contributed by atoms with Crippen molar-refractivity contribution in [1.29, 1.82) is 0 Å². The highest BCUT2D eigenvalue weighted by atomic mass is 35.5. The summed E-state index contributed by atoms with van der Waals surface area (Å²) in [4.78, 5) is 28.6. The molecule has 0 bridgehead atoms. The average Bonchev–Trinajstić information content (AvgIpc) is 1.55. The van der Waals surface area contributed by atoms with Gasteiger partial charge in [-0.05, 0) is 134 Å². The highest BCUT2D eigenvalue weighted by Crippen LogP contribution is 2.56. The van der Waals surface area contributed by atoms with E-state index in [0.717, 1.165) is 132 Å². The fourth-order valence-corrected chi connectivity index (χ4v) is 15.2. The molecule has 6 heterocycles. The van der Waals surface area contributed by atoms with Crippen molar-refractivity contribution in [1.82, 2.24) is 29.9 Å². The number of fused-ring (bicyclic) bond motifs is 20. The lowest BCUT2D eigenvalue weighted by Crippen LogP contribution is -2.37. The molecule has 18 aromatic rings. The van der Waals surface area contributed by atoms with E-state index in [1.165, 1.54) is 27.8 Å². The van der Waals surface area contributed by atoms with E-state index in [0.29, 0.717) is 34.6 Å². The maximum Gasteiger partial charge on any atom is 0.488 e. The molecule has 20 rings (SSSR count). The van der Waals surface area contributed by atoms with Gasteiger partial charge in [-0.25, -0.2) is 19.9 Å². The van der Waals surface area contributed by atoms with Crippen LogP contribution in [-0.2, 0) is 10.8 Å². The van der Waals surface area contributed by atoms with Crippen molar-refractivity contribution in [3.05, 3.63) is 282 Å². The number of furan rings is 4. The van der Waals surface area contributed by atoms with Gasteiger partial charge in [-0.1, -0.05) is 217 Å². The number of rotatable bonds is 6. The van der Waals surface area contributed by atoms with Crippen LogP contribution in [0.2, 0.25) is 5.28 Å². The van der Waals surface area contributed by atoms with Gasteiger partial charge in [-0.2, -0.15) is 9.97 Å². The van der Waals surface area contributed by atoms with E-state index in [-0.39, 0.29) is 23.5 Å². The summed E-state index contributed by atoms with van der Waals surface area (Å²) >= 11 is 6.16. The third-order valence-corrected chi connectivity index (χ3v) is 19.6. The quantitative estimate of drug-likeness (QED) is 0.151. The maximum absolute atomic E-state index is 9.88. The van der Waals surface area contributed by atoms with Gasteiger partial charge in [-0.15, -0.1) is 0 Å². The van der Waals surface area contributed by atoms with Gasteiger partial charge in [0.15, 0.2) is 29.1 Å². The van der Waals surface area contributed by atoms with E-state index < -0.39 is 7.12 Å². The number of para-hydroxylation sites is 4. The number of halogens is 1. The molecule has 0 saturated heterocycles. The zero-order valence-corrected chi connectivity index (χ0v) is 54.2. The number of benzene rings is 12. The normalized spacial score (nSPS) is 13.1. The molecule has 0 atom stereocenters. The van der Waals surface area contributed by atoms with Gasteiger partial charge in [-0.3, -0.25) is 0 Å². The summed E-state index contributed by atoms with van der Waals surface area (Å²) in [5.74, 6) is 3.00. The second-order valence-electron chi connectivity index (χ2n) is 25.9. The predicted molar refractivity (Wildman–Crippen MR) is 399 cm³/mol. The van der Waals surface area contributed by atoms with E-state index in [1.807, 2.05) is 176 Å². The Labute approximate surface area is 573 Å². The van der Waals surface area contributed by atoms with Gasteiger partial charge < -0.3 is 27.7 Å². The number of hydrogen-bond acceptors (Lipinski definition) is 12. The Hall–Kier alpha value is -11.9. The van der Waals surface area contributed by atoms with Gasteiger partial charge in [0.05, 0.1) is 0 Å². The molecule has 0 aliphatic heterocycles. The smallest absolute Gasteiger partial charge is 0.456 e. The van der Waals surface area contributed by atoms with Gasteiger partial charge in [0.2, 0.25) is 5.28 Å². The number of hydrogen-bond donors (Lipinski definition) is 2. The second kappa shape index (κ2) is 23.5. The lowest BCUT2D eigenvalue weighted by molar-refractivity contribution is 0.424. The van der Waals surface area contributed by atoms with Crippen molar-refractivity contribution in [2.24, 2.45) is 0 Å². The monoisotopic (exact) mass is 1310 g/mol. The molecule has 0 unspecified atom stereocenters. The minimum Gasteiger partial charge on any atom is -0.456 e. The third-order valence-electron chi connectivity index (χ3n) is 19.5. The molecule has 14 heteroatoms. The van der Waals surface area contributed by atoms with Crippen LogP contribution >= 0.6 is 11.6 Å². The molecule has 6 aromatic heterocycles. The molecule has 0 radical (unpaired) electrons. The highest BCUT2D eigenvalue weighted by Gasteiger charge is 2.42. The summed E-state index contributed by atoms with van der Waals surface area (Å²) < 4.78 is 24.4. The van der Waals surface area contributed by atoms with Crippen molar-refractivity contribution >= 4 is 112 Å². The van der Waals surface area contributed by atoms with Crippen LogP contribution in [0.4, 0.5) is 0 Å². The van der Waals surface area contributed by atoms with Gasteiger partial charge >= 0.3 is 7.12 Å². The van der Waals surface area contributed by atoms with Gasteiger partial charge in [0, 0.05) is 81.7 Å². The van der Waals surface area contributed by atoms with Crippen LogP contribution in [0.15, 0.2) is 272 Å². The molecule has 2 N–H and O–H groups in total. The van der Waals surface area contributed by atoms with E-state index in [1.54, 1.807) is 6.07 Å². The first-order chi connectivity index (χ1) is 47.8. The summed E-state index contributed by atoms with van der Waals surface area (Å²) in [5.41, 5.74) is 20.8. The van der Waals surface area contributed by atoms with Crippen LogP contribution in [0.1, 0.15) is 57.4 Å². The van der Waals surface area contributed by atoms with Crippen molar-refractivity contribution in [3.8, 4) is 79.2 Å². The Balaban J connectivity index is 0.000000120. The zero-order valence-electron chi connectivity index (χ0n) is 53.4. The lowest BCUT2D eigenvalue weighted by Gasteiger charge is -2.24. The largest absolute Gasteiger partial charge is 0.488 e. The van der Waals surface area contributed by atoms with Crippen LogP contribution in [0.5, 0.6) is 0 Å². The van der Waals surface area contributed by atoms with E-state index >= 15 is 0 Å². The first kappa shape index (κ1) is 60.8. The van der Waals surface area contributed by atoms with Crippen LogP contribution < -0.4 is 5.46 Å². The van der Waals surface area contributed by atoms with Crippen LogP contribution in [-0.4, -0.2) is 47.1 Å². The molecule has 0 fully saturated rings. The number of nitrogens with zero attached hydrogens (tertiary/aromatic N) is 6. The first-order valence-electron chi connectivity index (χ1n) is 32.5. The molecular formula is C85H60BClN6O6. The molecule has 0 saturated carbocycles. The van der Waals surface area contributed by atoms with Crippen molar-refractivity contribution in [2.75, 3.05) is 0 Å². The van der Waals surface area contributed by atoms with E-state index in [4.69, 9.17) is 44.2 Å². The zero-order chi connectivity index (χ0) is 66.1. The van der Waals surface area contributed by atoms with Crippen molar-refractivity contribution < 1.29 is 27.7 Å². The summed E-state index contributed by atoms with van der Waals surface area (Å²) in [6, 6.07) is 85.1. The van der Waals surface area contributed by atoms with Gasteiger partial charge in [0.25, 0.3) is 0 Å². The standard InChI is InChI=1S/C42H27N3O2.C21H17BO3.C21H12ClN3O.CH4/c1-42(2)31-20-22-35-37(27-14-7-9-18-33(27)47-35)36(31)28-15-10-16-29(38(28)42)41-44-39(24-11-4-3-5-12-24)43-40(45-41)25-19-21-34-30(23-25)26-13-6-8-17-32(26)46-34;1-21(2)14-10-11-17-19(12-6-3-4-9-16(12)25-17)18(14)13-7-5-8-15(20(13)21)22(23)24;22-21-24-19(13-6-2-1-3-7-13)23-20(25-21)14-10-11-18-16(12-14)15-8-4-5-9-17(15)26-18;/h3-23H,1-2H3;3-11,23-24H,1-2H3;1-12H;1H4. The minimum atomic E-state index is -1.49. The van der Waals surface area contributed by atoms with E-state index in [2.05, 4.69) is 115 Å². The number of aromatic nitrogens is 6. The predicted octanol–water partition coefficient (Wildman–Crippen LogP) is 20.9. The Morgan fingerprint density at radius 2 is 0.667 bits per heavy atom. The third kappa shape index (κ3) is 9.90. The lowest BCUT2D eigenvalue weighted by atomic mass is 9.69. The van der Waals surface area contributed by atoms with Crippen LogP contribution in [0.25, 0.3) is 167 Å². The molecule has 0 amide bonds. The maximum atomic E-state index is 9.88. The second-order valence-corrected chi connectivity index (χ2v) is 26.3. The van der Waals surface area contributed by atoms with Crippen molar-refractivity contribution in [2.45, 2.75) is 46.0 Å². The van der Waals surface area contributed by atoms with Crippen molar-refractivity contribution in [3.63, 3.8) is 0 Å². The fourth-order valence-electron chi connectivity index (χ4n) is 15.1. The Bertz CT molecular complexity index is 6280. The molecule has 2 aliphatic rings. The topological polar surface area (TPSA) is 170 Å². The molecular weight excluding hydrogens is 1250 g/mol. The highest BCUT2D eigenvalue weighted by molar-refractivity contribution is 6.59. The Kier molecular flexibility index (Phi) is 14.4. The molecule has 12 nitrogen and oxygen atoms in total. The van der Waals surface area contributed by atoms with E-state index in [9.17, 15) is 10.0 Å². The fraction of sp³-hybridized carbons (Fsp3) is 0.0824. The SMILES string of the molecule is C.CC1(C)c2ccc3oc4ccccc4c3c2-c2cccc(-c3nc(-c4ccccc4)nc(-c4ccc5oc6ccccc6c5c4)n3)c21.CC1(C)c2ccc3oc4ccccc4c3c2-c2cccc(B(O)O)c21.Clc1nc(-c2ccccc2)nc(-c2ccc3oc4ccccc4c3c2)n1. The molecule has 476 valence electrons. The molecule has 12 aromatic carbocycles. The summed E-state index contributed by atoms with van der Waals surface area (Å²) in [6.45, 7) is 8.87. The van der Waals surface area contributed by atoms with Crippen LogP contribution in [0.3, 0.4) is 0 Å². The molecule has 99 heavy (non-hydrogen) atoms. The molecule has 2 aliphatic carbocycles. The summed E-state index contributed by atoms with van der Waals surface area (Å²) in [7, 11) is -1.49. The Morgan fingerprint density at radius 3 is 1.16 bits per heavy atom. The average molecular weight is 1310 g/mol. The Morgan fingerprint density at radius 1 is 0.313 bits per heavy atom. The van der Waals surface area contributed by atoms with Gasteiger partial charge in [0.1, 0.15) is 44.7 Å². The molecule has 0 spiro atoms.